The molecule has 4 saturated carbocycles. The highest BCUT2D eigenvalue weighted by Gasteiger charge is 2.50. The molecule has 4 aliphatic rings. The first-order chi connectivity index (χ1) is 12.1. The second kappa shape index (κ2) is 6.97. The summed E-state index contributed by atoms with van der Waals surface area (Å²) in [7, 11) is 1.65. The predicted octanol–water partition coefficient (Wildman–Crippen LogP) is 4.98. The SMILES string of the molecule is CNC(=O)/C=C/c1ccc(CCCC23CC4CC(CC(C4)C2)C3)cc1. The predicted molar refractivity (Wildman–Crippen MR) is 103 cm³/mol. The topological polar surface area (TPSA) is 29.1 Å². The van der Waals surface area contributed by atoms with Gasteiger partial charge in [-0.3, -0.25) is 4.79 Å². The summed E-state index contributed by atoms with van der Waals surface area (Å²) in [5, 5.41) is 2.60. The van der Waals surface area contributed by atoms with Crippen molar-refractivity contribution >= 4 is 12.0 Å². The van der Waals surface area contributed by atoms with Crippen LogP contribution in [0.4, 0.5) is 0 Å². The van der Waals surface area contributed by atoms with Gasteiger partial charge in [-0.1, -0.05) is 24.3 Å². The monoisotopic (exact) mass is 337 g/mol. The van der Waals surface area contributed by atoms with Crippen molar-refractivity contribution in [2.24, 2.45) is 23.2 Å². The Morgan fingerprint density at radius 3 is 2.24 bits per heavy atom. The Hall–Kier alpha value is -1.57. The Kier molecular flexibility index (Phi) is 4.71. The first kappa shape index (κ1) is 16.9. The third-order valence-corrected chi connectivity index (χ3v) is 6.99. The van der Waals surface area contributed by atoms with Gasteiger partial charge in [0.05, 0.1) is 0 Å². The molecule has 2 heteroatoms. The van der Waals surface area contributed by atoms with E-state index >= 15 is 0 Å². The van der Waals surface area contributed by atoms with Crippen molar-refractivity contribution in [1.29, 1.82) is 0 Å². The Bertz CT molecular complexity index is 607. The van der Waals surface area contributed by atoms with Gasteiger partial charge < -0.3 is 5.32 Å². The number of aryl methyl sites for hydroxylation is 1. The van der Waals surface area contributed by atoms with Gasteiger partial charge in [0.25, 0.3) is 0 Å². The quantitative estimate of drug-likeness (QED) is 0.728. The third-order valence-electron chi connectivity index (χ3n) is 6.99. The van der Waals surface area contributed by atoms with Gasteiger partial charge in [0.15, 0.2) is 0 Å². The average Bonchev–Trinajstić information content (AvgIpc) is 2.59. The minimum absolute atomic E-state index is 0.0559. The largest absolute Gasteiger partial charge is 0.356 e. The molecule has 0 heterocycles. The molecule has 1 aromatic carbocycles. The van der Waals surface area contributed by atoms with Gasteiger partial charge in [-0.2, -0.15) is 0 Å². The highest BCUT2D eigenvalue weighted by molar-refractivity contribution is 5.91. The molecule has 134 valence electrons. The number of likely N-dealkylation sites (N-methyl/N-ethyl adjacent to an activating group) is 1. The van der Waals surface area contributed by atoms with E-state index in [1.165, 1.54) is 44.1 Å². The number of hydrogen-bond acceptors (Lipinski definition) is 1. The molecule has 0 saturated heterocycles. The van der Waals surface area contributed by atoms with E-state index in [1.54, 1.807) is 32.4 Å². The molecule has 0 atom stereocenters. The first-order valence-electron chi connectivity index (χ1n) is 10.1. The van der Waals surface area contributed by atoms with Crippen LogP contribution in [-0.2, 0) is 11.2 Å². The molecular weight excluding hydrogens is 306 g/mol. The van der Waals surface area contributed by atoms with Crippen molar-refractivity contribution in [3.8, 4) is 0 Å². The summed E-state index contributed by atoms with van der Waals surface area (Å²) in [6.07, 6.45) is 16.7. The van der Waals surface area contributed by atoms with Crippen LogP contribution in [0.15, 0.2) is 30.3 Å². The minimum atomic E-state index is -0.0559. The lowest BCUT2D eigenvalue weighted by Gasteiger charge is -2.57. The van der Waals surface area contributed by atoms with Crippen LogP contribution in [0, 0.1) is 23.2 Å². The number of nitrogens with one attached hydrogen (secondary N) is 1. The summed E-state index contributed by atoms with van der Waals surface area (Å²) in [6, 6.07) is 8.70. The Labute approximate surface area is 152 Å². The van der Waals surface area contributed by atoms with Crippen LogP contribution >= 0.6 is 0 Å². The molecule has 4 bridgehead atoms. The zero-order valence-corrected chi connectivity index (χ0v) is 15.5. The third kappa shape index (κ3) is 3.83. The second-order valence-electron chi connectivity index (χ2n) is 8.96. The summed E-state index contributed by atoms with van der Waals surface area (Å²) in [5.74, 6) is 3.15. The van der Waals surface area contributed by atoms with E-state index in [1.807, 2.05) is 6.08 Å². The van der Waals surface area contributed by atoms with E-state index in [4.69, 9.17) is 0 Å². The summed E-state index contributed by atoms with van der Waals surface area (Å²) in [6.45, 7) is 0. The minimum Gasteiger partial charge on any atom is -0.356 e. The lowest BCUT2D eigenvalue weighted by Crippen LogP contribution is -2.45. The number of carbonyl (C=O) groups excluding carboxylic acids is 1. The highest BCUT2D eigenvalue weighted by atomic mass is 16.1. The smallest absolute Gasteiger partial charge is 0.243 e. The van der Waals surface area contributed by atoms with E-state index in [0.29, 0.717) is 5.41 Å². The molecule has 4 aliphatic carbocycles. The van der Waals surface area contributed by atoms with Crippen LogP contribution in [0.5, 0.6) is 0 Å². The molecule has 0 spiro atoms. The van der Waals surface area contributed by atoms with Crippen LogP contribution in [0.25, 0.3) is 6.08 Å². The summed E-state index contributed by atoms with van der Waals surface area (Å²) in [5.41, 5.74) is 3.24. The molecule has 0 aliphatic heterocycles. The number of benzene rings is 1. The molecule has 0 radical (unpaired) electrons. The van der Waals surface area contributed by atoms with Crippen molar-refractivity contribution in [2.45, 2.75) is 57.8 Å². The lowest BCUT2D eigenvalue weighted by molar-refractivity contribution is -0.115. The van der Waals surface area contributed by atoms with E-state index in [9.17, 15) is 4.79 Å². The van der Waals surface area contributed by atoms with E-state index in [2.05, 4.69) is 29.6 Å². The molecule has 0 aromatic heterocycles. The molecule has 1 amide bonds. The van der Waals surface area contributed by atoms with E-state index in [-0.39, 0.29) is 5.91 Å². The molecular formula is C23H31NO. The molecule has 0 unspecified atom stereocenters. The fraction of sp³-hybridized carbons (Fsp3) is 0.609. The van der Waals surface area contributed by atoms with Gasteiger partial charge in [-0.25, -0.2) is 0 Å². The summed E-state index contributed by atoms with van der Waals surface area (Å²) < 4.78 is 0. The van der Waals surface area contributed by atoms with Crippen molar-refractivity contribution in [3.05, 3.63) is 41.5 Å². The second-order valence-corrected chi connectivity index (χ2v) is 8.96. The molecule has 5 rings (SSSR count). The number of amides is 1. The number of rotatable bonds is 6. The van der Waals surface area contributed by atoms with Crippen LogP contribution in [0.3, 0.4) is 0 Å². The molecule has 1 N–H and O–H groups in total. The summed E-state index contributed by atoms with van der Waals surface area (Å²) >= 11 is 0. The molecule has 2 nitrogen and oxygen atoms in total. The van der Waals surface area contributed by atoms with Gasteiger partial charge >= 0.3 is 0 Å². The molecule has 4 fully saturated rings. The van der Waals surface area contributed by atoms with Crippen molar-refractivity contribution in [2.75, 3.05) is 7.05 Å². The van der Waals surface area contributed by atoms with Gasteiger partial charge in [-0.15, -0.1) is 0 Å². The fourth-order valence-corrected chi connectivity index (χ4v) is 6.31. The Balaban J connectivity index is 1.29. The highest BCUT2D eigenvalue weighted by Crippen LogP contribution is 2.61. The van der Waals surface area contributed by atoms with Gasteiger partial charge in [-0.05, 0) is 98.2 Å². The Morgan fingerprint density at radius 1 is 1.08 bits per heavy atom. The van der Waals surface area contributed by atoms with Crippen molar-refractivity contribution in [3.63, 3.8) is 0 Å². The molecule has 1 aromatic rings. The maximum atomic E-state index is 11.3. The maximum absolute atomic E-state index is 11.3. The van der Waals surface area contributed by atoms with Gasteiger partial charge in [0, 0.05) is 13.1 Å². The average molecular weight is 338 g/mol. The van der Waals surface area contributed by atoms with E-state index < -0.39 is 0 Å². The van der Waals surface area contributed by atoms with Crippen LogP contribution in [0.1, 0.15) is 62.5 Å². The van der Waals surface area contributed by atoms with Gasteiger partial charge in [0.1, 0.15) is 0 Å². The zero-order valence-electron chi connectivity index (χ0n) is 15.5. The number of carbonyl (C=O) groups is 1. The van der Waals surface area contributed by atoms with E-state index in [0.717, 1.165) is 23.3 Å². The first-order valence-corrected chi connectivity index (χ1v) is 10.1. The van der Waals surface area contributed by atoms with Crippen molar-refractivity contribution < 1.29 is 4.79 Å². The normalized spacial score (nSPS) is 33.1. The fourth-order valence-electron chi connectivity index (χ4n) is 6.31. The zero-order chi connectivity index (χ0) is 17.3. The van der Waals surface area contributed by atoms with Crippen molar-refractivity contribution in [1.82, 2.24) is 5.32 Å². The van der Waals surface area contributed by atoms with Crippen LogP contribution in [-0.4, -0.2) is 13.0 Å². The van der Waals surface area contributed by atoms with Crippen LogP contribution < -0.4 is 5.32 Å². The number of hydrogen-bond donors (Lipinski definition) is 1. The van der Waals surface area contributed by atoms with Gasteiger partial charge in [0.2, 0.25) is 5.91 Å². The maximum Gasteiger partial charge on any atom is 0.243 e. The van der Waals surface area contributed by atoms with Crippen LogP contribution in [0.2, 0.25) is 0 Å². The molecule has 25 heavy (non-hydrogen) atoms. The standard InChI is InChI=1S/C23H31NO/c1-24-22(25)9-8-18-6-4-17(5-7-18)3-2-10-23-14-19-11-20(15-23)13-21(12-19)16-23/h4-9,19-21H,2-3,10-16H2,1H3,(H,24,25)/b9-8+. The summed E-state index contributed by atoms with van der Waals surface area (Å²) in [4.78, 5) is 11.3. The Morgan fingerprint density at radius 2 is 1.68 bits per heavy atom. The lowest BCUT2D eigenvalue weighted by atomic mass is 9.48.